The Morgan fingerprint density at radius 1 is 0.920 bits per heavy atom. The van der Waals surface area contributed by atoms with E-state index in [-0.39, 0.29) is 5.04 Å². The molecular formula is C22H29BrOSi. The molecule has 0 bridgehead atoms. The van der Waals surface area contributed by atoms with Gasteiger partial charge in [0.15, 0.2) is 0 Å². The molecular weight excluding hydrogens is 388 g/mol. The summed E-state index contributed by atoms with van der Waals surface area (Å²) >= 11 is 3.67. The number of rotatable bonds is 5. The third-order valence-electron chi connectivity index (χ3n) is 5.47. The first-order chi connectivity index (χ1) is 12.0. The van der Waals surface area contributed by atoms with Crippen molar-refractivity contribution in [1.29, 1.82) is 0 Å². The first-order valence-corrected chi connectivity index (χ1v) is 12.3. The lowest BCUT2D eigenvalue weighted by Gasteiger charge is -2.44. The van der Waals surface area contributed by atoms with E-state index in [1.165, 1.54) is 29.6 Å². The molecule has 0 heterocycles. The van der Waals surface area contributed by atoms with Gasteiger partial charge in [0.25, 0.3) is 8.32 Å². The van der Waals surface area contributed by atoms with Crippen LogP contribution >= 0.6 is 15.9 Å². The summed E-state index contributed by atoms with van der Waals surface area (Å²) in [5.41, 5.74) is 0. The molecule has 0 amide bonds. The van der Waals surface area contributed by atoms with Crippen molar-refractivity contribution < 1.29 is 4.43 Å². The molecule has 3 heteroatoms. The highest BCUT2D eigenvalue weighted by Gasteiger charge is 2.51. The Kier molecular flexibility index (Phi) is 5.87. The Labute approximate surface area is 162 Å². The van der Waals surface area contributed by atoms with Crippen LogP contribution in [0.4, 0.5) is 0 Å². The van der Waals surface area contributed by atoms with Crippen LogP contribution in [0.3, 0.4) is 0 Å². The third kappa shape index (κ3) is 3.79. The summed E-state index contributed by atoms with van der Waals surface area (Å²) in [6, 6.07) is 22.0. The maximum atomic E-state index is 7.19. The minimum absolute atomic E-state index is 0.0716. The van der Waals surface area contributed by atoms with Gasteiger partial charge in [-0.25, -0.2) is 0 Å². The van der Waals surface area contributed by atoms with Gasteiger partial charge in [-0.15, -0.1) is 0 Å². The van der Waals surface area contributed by atoms with E-state index in [4.69, 9.17) is 4.43 Å². The summed E-state index contributed by atoms with van der Waals surface area (Å²) in [6.07, 6.45) is 4.00. The Morgan fingerprint density at radius 2 is 1.44 bits per heavy atom. The maximum absolute atomic E-state index is 7.19. The number of hydrogen-bond acceptors (Lipinski definition) is 1. The largest absolute Gasteiger partial charge is 0.404 e. The fourth-order valence-electron chi connectivity index (χ4n) is 4.22. The predicted octanol–water partition coefficient (Wildman–Crippen LogP) is 5.13. The Balaban J connectivity index is 2.09. The third-order valence-corrected chi connectivity index (χ3v) is 11.5. The van der Waals surface area contributed by atoms with E-state index in [1.54, 1.807) is 0 Å². The minimum atomic E-state index is -2.37. The van der Waals surface area contributed by atoms with Gasteiger partial charge < -0.3 is 4.43 Å². The lowest BCUT2D eigenvalue weighted by Crippen LogP contribution is -2.67. The Bertz CT molecular complexity index is 626. The number of halogens is 1. The molecule has 2 unspecified atom stereocenters. The van der Waals surface area contributed by atoms with Gasteiger partial charge in [-0.1, -0.05) is 97.4 Å². The van der Waals surface area contributed by atoms with Crippen LogP contribution in [0.5, 0.6) is 0 Å². The summed E-state index contributed by atoms with van der Waals surface area (Å²) in [4.78, 5) is 0. The van der Waals surface area contributed by atoms with Gasteiger partial charge in [0.1, 0.15) is 0 Å². The van der Waals surface area contributed by atoms with Gasteiger partial charge in [-0.05, 0) is 40.6 Å². The van der Waals surface area contributed by atoms with Crippen LogP contribution in [-0.4, -0.2) is 19.8 Å². The highest BCUT2D eigenvalue weighted by atomic mass is 79.9. The molecule has 0 aromatic heterocycles. The molecule has 2 aromatic rings. The zero-order chi connectivity index (χ0) is 17.9. The molecule has 0 radical (unpaired) electrons. The molecule has 0 N–H and O–H groups in total. The van der Waals surface area contributed by atoms with Crippen molar-refractivity contribution in [3.05, 3.63) is 60.7 Å². The lowest BCUT2D eigenvalue weighted by atomic mass is 10.1. The monoisotopic (exact) mass is 416 g/mol. The van der Waals surface area contributed by atoms with Gasteiger partial charge in [-0.3, -0.25) is 0 Å². The molecule has 134 valence electrons. The lowest BCUT2D eigenvalue weighted by molar-refractivity contribution is 0.191. The first kappa shape index (κ1) is 18.9. The van der Waals surface area contributed by atoms with E-state index in [0.29, 0.717) is 6.10 Å². The van der Waals surface area contributed by atoms with Crippen molar-refractivity contribution >= 4 is 34.6 Å². The highest BCUT2D eigenvalue weighted by Crippen LogP contribution is 2.40. The van der Waals surface area contributed by atoms with Crippen LogP contribution in [-0.2, 0) is 4.43 Å². The molecule has 1 aliphatic rings. The van der Waals surface area contributed by atoms with Crippen LogP contribution in [0.15, 0.2) is 60.7 Å². The molecule has 0 aliphatic heterocycles. The van der Waals surface area contributed by atoms with E-state index in [2.05, 4.69) is 97.4 Å². The average molecular weight is 417 g/mol. The normalized spacial score (nSPS) is 21.4. The molecule has 25 heavy (non-hydrogen) atoms. The molecule has 1 nitrogen and oxygen atoms in total. The summed E-state index contributed by atoms with van der Waals surface area (Å²) < 4.78 is 7.19. The SMILES string of the molecule is CC(C)(C)[Si](OC1CCC(CBr)C1)(c1ccccc1)c1ccccc1. The quantitative estimate of drug-likeness (QED) is 0.484. The Hall–Kier alpha value is -0.903. The fourth-order valence-corrected chi connectivity index (χ4v) is 9.53. The summed E-state index contributed by atoms with van der Waals surface area (Å²) in [7, 11) is -2.37. The predicted molar refractivity (Wildman–Crippen MR) is 114 cm³/mol. The van der Waals surface area contributed by atoms with E-state index in [1.807, 2.05) is 0 Å². The van der Waals surface area contributed by atoms with E-state index in [0.717, 1.165) is 11.2 Å². The van der Waals surface area contributed by atoms with Crippen molar-refractivity contribution in [2.75, 3.05) is 5.33 Å². The van der Waals surface area contributed by atoms with Crippen molar-refractivity contribution in [3.63, 3.8) is 0 Å². The van der Waals surface area contributed by atoms with Gasteiger partial charge in [0, 0.05) is 11.4 Å². The highest BCUT2D eigenvalue weighted by molar-refractivity contribution is 9.09. The average Bonchev–Trinajstić information content (AvgIpc) is 3.08. The van der Waals surface area contributed by atoms with Crippen LogP contribution in [0.25, 0.3) is 0 Å². The van der Waals surface area contributed by atoms with E-state index in [9.17, 15) is 0 Å². The smallest absolute Gasteiger partial charge is 0.261 e. The molecule has 2 aromatic carbocycles. The molecule has 3 rings (SSSR count). The van der Waals surface area contributed by atoms with Crippen LogP contribution in [0, 0.1) is 5.92 Å². The van der Waals surface area contributed by atoms with Crippen molar-refractivity contribution in [1.82, 2.24) is 0 Å². The van der Waals surface area contributed by atoms with Gasteiger partial charge in [-0.2, -0.15) is 0 Å². The van der Waals surface area contributed by atoms with Crippen molar-refractivity contribution in [2.45, 2.75) is 51.2 Å². The summed E-state index contributed by atoms with van der Waals surface area (Å²) in [5, 5.41) is 3.93. The fraction of sp³-hybridized carbons (Fsp3) is 0.455. The molecule has 1 aliphatic carbocycles. The van der Waals surface area contributed by atoms with E-state index >= 15 is 0 Å². The zero-order valence-corrected chi connectivity index (χ0v) is 18.1. The molecule has 2 atom stereocenters. The Morgan fingerprint density at radius 3 is 1.84 bits per heavy atom. The van der Waals surface area contributed by atoms with Crippen LogP contribution in [0.1, 0.15) is 40.0 Å². The second-order valence-electron chi connectivity index (χ2n) is 8.24. The molecule has 1 saturated carbocycles. The second-order valence-corrected chi connectivity index (χ2v) is 13.1. The van der Waals surface area contributed by atoms with Crippen molar-refractivity contribution in [2.24, 2.45) is 5.92 Å². The minimum Gasteiger partial charge on any atom is -0.404 e. The summed E-state index contributed by atoms with van der Waals surface area (Å²) in [5.74, 6) is 0.753. The number of hydrogen-bond donors (Lipinski definition) is 0. The number of alkyl halides is 1. The van der Waals surface area contributed by atoms with E-state index < -0.39 is 8.32 Å². The van der Waals surface area contributed by atoms with Gasteiger partial charge >= 0.3 is 0 Å². The number of benzene rings is 2. The zero-order valence-electron chi connectivity index (χ0n) is 15.5. The van der Waals surface area contributed by atoms with Gasteiger partial charge in [0.05, 0.1) is 0 Å². The first-order valence-electron chi connectivity index (χ1n) is 9.32. The summed E-state index contributed by atoms with van der Waals surface area (Å²) in [6.45, 7) is 7.07. The van der Waals surface area contributed by atoms with Crippen molar-refractivity contribution in [3.8, 4) is 0 Å². The second kappa shape index (κ2) is 7.77. The standard InChI is InChI=1S/C22H29BrOSi/c1-22(2,3)25(20-10-6-4-7-11-20,21-12-8-5-9-13-21)24-19-15-14-18(16-19)17-23/h4-13,18-19H,14-17H2,1-3H3. The van der Waals surface area contributed by atoms with Crippen LogP contribution < -0.4 is 10.4 Å². The topological polar surface area (TPSA) is 9.23 Å². The molecule has 0 spiro atoms. The molecule has 0 saturated heterocycles. The van der Waals surface area contributed by atoms with Crippen LogP contribution in [0.2, 0.25) is 5.04 Å². The maximum Gasteiger partial charge on any atom is 0.261 e. The van der Waals surface area contributed by atoms with Gasteiger partial charge in [0.2, 0.25) is 0 Å². The molecule has 1 fully saturated rings.